The van der Waals surface area contributed by atoms with Crippen LogP contribution in [0.15, 0.2) is 46.9 Å². The first-order valence-corrected chi connectivity index (χ1v) is 8.18. The van der Waals surface area contributed by atoms with E-state index < -0.39 is 11.2 Å². The van der Waals surface area contributed by atoms with E-state index in [9.17, 15) is 9.59 Å². The lowest BCUT2D eigenvalue weighted by Gasteiger charge is -2.41. The molecule has 1 aliphatic rings. The Labute approximate surface area is 142 Å². The van der Waals surface area contributed by atoms with E-state index in [1.165, 1.54) is 6.20 Å². The summed E-state index contributed by atoms with van der Waals surface area (Å²) in [5, 5.41) is 4.44. The van der Waals surface area contributed by atoms with E-state index in [0.717, 1.165) is 37.3 Å². The Morgan fingerprint density at radius 3 is 2.96 bits per heavy atom. The molecule has 1 saturated heterocycles. The highest BCUT2D eigenvalue weighted by Gasteiger charge is 2.28. The first-order chi connectivity index (χ1) is 12.2. The van der Waals surface area contributed by atoms with E-state index >= 15 is 0 Å². The number of H-pyrrole nitrogens is 2. The van der Waals surface area contributed by atoms with Gasteiger partial charge in [0.1, 0.15) is 5.69 Å². The van der Waals surface area contributed by atoms with E-state index in [-0.39, 0.29) is 0 Å². The van der Waals surface area contributed by atoms with Gasteiger partial charge in [-0.15, -0.1) is 6.58 Å². The zero-order valence-electron chi connectivity index (χ0n) is 13.6. The molecule has 4 heterocycles. The molecule has 1 aliphatic heterocycles. The summed E-state index contributed by atoms with van der Waals surface area (Å²) in [4.78, 5) is 34.7. The summed E-state index contributed by atoms with van der Waals surface area (Å²) in [7, 11) is 0. The second-order valence-corrected chi connectivity index (χ2v) is 6.23. The Morgan fingerprint density at radius 2 is 2.20 bits per heavy atom. The van der Waals surface area contributed by atoms with Gasteiger partial charge in [0.25, 0.3) is 5.56 Å². The van der Waals surface area contributed by atoms with Gasteiger partial charge in [-0.25, -0.2) is 14.3 Å². The summed E-state index contributed by atoms with van der Waals surface area (Å²) in [6.07, 6.45) is 8.91. The maximum Gasteiger partial charge on any atom is 0.325 e. The third-order valence-corrected chi connectivity index (χ3v) is 4.51. The molecule has 128 valence electrons. The highest BCUT2D eigenvalue weighted by molar-refractivity contribution is 5.74. The first-order valence-electron chi connectivity index (χ1n) is 8.18. The molecule has 0 atom stereocenters. The van der Waals surface area contributed by atoms with Crippen LogP contribution in [0.5, 0.6) is 0 Å². The average Bonchev–Trinajstić information content (AvgIpc) is 3.01. The molecule has 8 heteroatoms. The molecule has 0 spiro atoms. The fraction of sp³-hybridized carbons (Fsp3) is 0.294. The van der Waals surface area contributed by atoms with Crippen LogP contribution < -0.4 is 16.1 Å². The van der Waals surface area contributed by atoms with Crippen molar-refractivity contribution in [3.63, 3.8) is 0 Å². The van der Waals surface area contributed by atoms with E-state index in [1.54, 1.807) is 16.9 Å². The number of aromatic nitrogens is 5. The molecular weight excluding hydrogens is 320 g/mol. The third-order valence-electron chi connectivity index (χ3n) is 4.51. The van der Waals surface area contributed by atoms with Crippen LogP contribution in [0.3, 0.4) is 0 Å². The molecule has 0 unspecified atom stereocenters. The fourth-order valence-electron chi connectivity index (χ4n) is 3.17. The SMILES string of the molecule is C=CCCC1CN(c2cc(-c3c[nH]c(=O)[nH]c3=O)nn3ccnc23)C1. The van der Waals surface area contributed by atoms with Gasteiger partial charge in [0, 0.05) is 31.7 Å². The normalized spacial score (nSPS) is 14.6. The Bertz CT molecular complexity index is 1040. The molecule has 0 radical (unpaired) electrons. The number of hydrogen-bond donors (Lipinski definition) is 2. The molecule has 0 aliphatic carbocycles. The molecule has 25 heavy (non-hydrogen) atoms. The van der Waals surface area contributed by atoms with E-state index in [2.05, 4.69) is 31.5 Å². The molecule has 4 rings (SSSR count). The molecule has 0 bridgehead atoms. The van der Waals surface area contributed by atoms with Gasteiger partial charge in [0.2, 0.25) is 0 Å². The highest BCUT2D eigenvalue weighted by Crippen LogP contribution is 2.31. The maximum absolute atomic E-state index is 12.1. The molecule has 0 saturated carbocycles. The van der Waals surface area contributed by atoms with Crippen molar-refractivity contribution in [3.05, 3.63) is 58.1 Å². The lowest BCUT2D eigenvalue weighted by atomic mass is 9.94. The van der Waals surface area contributed by atoms with Crippen LogP contribution in [0, 0.1) is 5.92 Å². The van der Waals surface area contributed by atoms with Gasteiger partial charge in [-0.05, 0) is 24.8 Å². The molecule has 8 nitrogen and oxygen atoms in total. The van der Waals surface area contributed by atoms with Crippen LogP contribution >= 0.6 is 0 Å². The fourth-order valence-corrected chi connectivity index (χ4v) is 3.17. The van der Waals surface area contributed by atoms with Crippen molar-refractivity contribution in [2.45, 2.75) is 12.8 Å². The van der Waals surface area contributed by atoms with Crippen LogP contribution in [-0.4, -0.2) is 37.7 Å². The minimum atomic E-state index is -0.537. The number of fused-ring (bicyclic) bond motifs is 1. The van der Waals surface area contributed by atoms with Crippen molar-refractivity contribution in [1.29, 1.82) is 0 Å². The molecule has 1 fully saturated rings. The van der Waals surface area contributed by atoms with Crippen molar-refractivity contribution >= 4 is 11.3 Å². The number of rotatable bonds is 5. The molecule has 0 amide bonds. The Balaban J connectivity index is 1.72. The van der Waals surface area contributed by atoms with Crippen molar-refractivity contribution in [2.24, 2.45) is 5.92 Å². The quantitative estimate of drug-likeness (QED) is 0.681. The summed E-state index contributed by atoms with van der Waals surface area (Å²) < 4.78 is 1.66. The van der Waals surface area contributed by atoms with Gasteiger partial charge in [-0.3, -0.25) is 9.78 Å². The van der Waals surface area contributed by atoms with Gasteiger partial charge in [-0.2, -0.15) is 5.10 Å². The van der Waals surface area contributed by atoms with Crippen LogP contribution in [0.1, 0.15) is 12.8 Å². The number of nitrogens with one attached hydrogen (secondary N) is 2. The molecule has 3 aromatic rings. The monoisotopic (exact) mass is 338 g/mol. The zero-order valence-corrected chi connectivity index (χ0v) is 13.6. The minimum absolute atomic E-state index is 0.320. The minimum Gasteiger partial charge on any atom is -0.368 e. The van der Waals surface area contributed by atoms with Crippen molar-refractivity contribution in [2.75, 3.05) is 18.0 Å². The Kier molecular flexibility index (Phi) is 3.72. The highest BCUT2D eigenvalue weighted by atomic mass is 16.2. The standard InChI is InChI=1S/C17H18N6O2/c1-2-3-4-11-9-22(10-11)14-7-13(21-23-6-5-18-15(14)23)12-8-19-17(25)20-16(12)24/h2,5-8,11H,1,3-4,9-10H2,(H2,19,20,24,25). The predicted octanol–water partition coefficient (Wildman–Crippen LogP) is 1.18. The van der Waals surface area contributed by atoms with Crippen LogP contribution in [0.4, 0.5) is 5.69 Å². The first kappa shape index (κ1) is 15.4. The van der Waals surface area contributed by atoms with Crippen LogP contribution in [-0.2, 0) is 0 Å². The van der Waals surface area contributed by atoms with E-state index in [4.69, 9.17) is 0 Å². The predicted molar refractivity (Wildman–Crippen MR) is 94.8 cm³/mol. The molecule has 0 aromatic carbocycles. The van der Waals surface area contributed by atoms with Crippen molar-refractivity contribution in [3.8, 4) is 11.3 Å². The summed E-state index contributed by atoms with van der Waals surface area (Å²) >= 11 is 0. The summed E-state index contributed by atoms with van der Waals surface area (Å²) in [6.45, 7) is 5.66. The Hall–Kier alpha value is -3.16. The van der Waals surface area contributed by atoms with Crippen molar-refractivity contribution < 1.29 is 0 Å². The van der Waals surface area contributed by atoms with Gasteiger partial charge in [0.05, 0.1) is 11.3 Å². The third kappa shape index (κ3) is 2.75. The van der Waals surface area contributed by atoms with Gasteiger partial charge >= 0.3 is 5.69 Å². The zero-order chi connectivity index (χ0) is 17.4. The maximum atomic E-state index is 12.1. The number of imidazole rings is 1. The lowest BCUT2D eigenvalue weighted by Crippen LogP contribution is -2.47. The number of aromatic amines is 2. The van der Waals surface area contributed by atoms with Gasteiger partial charge in [0.15, 0.2) is 5.65 Å². The van der Waals surface area contributed by atoms with Crippen LogP contribution in [0.2, 0.25) is 0 Å². The second-order valence-electron chi connectivity index (χ2n) is 6.23. The second kappa shape index (κ2) is 6.04. The summed E-state index contributed by atoms with van der Waals surface area (Å²) in [5.41, 5.74) is 1.51. The lowest BCUT2D eigenvalue weighted by molar-refractivity contribution is 0.387. The topological polar surface area (TPSA) is 99.2 Å². The Morgan fingerprint density at radius 1 is 1.36 bits per heavy atom. The number of nitrogens with zero attached hydrogens (tertiary/aromatic N) is 4. The largest absolute Gasteiger partial charge is 0.368 e. The number of allylic oxidation sites excluding steroid dienone is 1. The van der Waals surface area contributed by atoms with Gasteiger partial charge < -0.3 is 9.88 Å². The average molecular weight is 338 g/mol. The smallest absolute Gasteiger partial charge is 0.325 e. The molecular formula is C17H18N6O2. The summed E-state index contributed by atoms with van der Waals surface area (Å²) in [6, 6.07) is 1.86. The number of hydrogen-bond acceptors (Lipinski definition) is 5. The molecule has 2 N–H and O–H groups in total. The van der Waals surface area contributed by atoms with Gasteiger partial charge in [-0.1, -0.05) is 6.08 Å². The van der Waals surface area contributed by atoms with Crippen LogP contribution in [0.25, 0.3) is 16.9 Å². The van der Waals surface area contributed by atoms with E-state index in [0.29, 0.717) is 17.2 Å². The molecule has 3 aromatic heterocycles. The van der Waals surface area contributed by atoms with Crippen molar-refractivity contribution in [1.82, 2.24) is 24.6 Å². The van der Waals surface area contributed by atoms with E-state index in [1.807, 2.05) is 12.1 Å². The number of anilines is 1. The summed E-state index contributed by atoms with van der Waals surface area (Å²) in [5.74, 6) is 0.640.